The molecule has 0 radical (unpaired) electrons. The van der Waals surface area contributed by atoms with Crippen LogP contribution in [0.15, 0.2) is 17.1 Å². The summed E-state index contributed by atoms with van der Waals surface area (Å²) in [6.45, 7) is 3.51. The Morgan fingerprint density at radius 1 is 1.21 bits per heavy atom. The molecule has 1 aliphatic heterocycles. The number of anilines is 1. The number of hydrogen-bond donors (Lipinski definition) is 1. The van der Waals surface area contributed by atoms with Gasteiger partial charge in [0, 0.05) is 42.9 Å². The van der Waals surface area contributed by atoms with Crippen molar-refractivity contribution in [3.8, 4) is 0 Å². The van der Waals surface area contributed by atoms with Crippen molar-refractivity contribution in [2.24, 2.45) is 0 Å². The lowest BCUT2D eigenvalue weighted by Gasteiger charge is -2.23. The Hall–Kier alpha value is -1.95. The smallest absolute Gasteiger partial charge is 0.252 e. The molecule has 0 aromatic carbocycles. The van der Waals surface area contributed by atoms with E-state index in [1.807, 2.05) is 17.7 Å². The van der Waals surface area contributed by atoms with Crippen LogP contribution in [0.3, 0.4) is 0 Å². The zero-order valence-electron chi connectivity index (χ0n) is 14.1. The lowest BCUT2D eigenvalue weighted by molar-refractivity contribution is 0.0903. The fourth-order valence-electron chi connectivity index (χ4n) is 3.88. The number of nitrogens with one attached hydrogen (secondary N) is 1. The van der Waals surface area contributed by atoms with E-state index in [1.54, 1.807) is 6.07 Å². The minimum Gasteiger partial charge on any atom is -0.381 e. The number of rotatable bonds is 3. The van der Waals surface area contributed by atoms with Gasteiger partial charge in [0.25, 0.3) is 5.56 Å². The van der Waals surface area contributed by atoms with E-state index in [9.17, 15) is 4.79 Å². The van der Waals surface area contributed by atoms with E-state index < -0.39 is 0 Å². The average molecular weight is 328 g/mol. The molecule has 0 bridgehead atoms. The number of hydrogen-bond acceptors (Lipinski definition) is 5. The van der Waals surface area contributed by atoms with E-state index in [-0.39, 0.29) is 11.6 Å². The van der Waals surface area contributed by atoms with Gasteiger partial charge in [0.15, 0.2) is 0 Å². The lowest BCUT2D eigenvalue weighted by atomic mass is 10.1. The van der Waals surface area contributed by atoms with Crippen molar-refractivity contribution in [2.45, 2.75) is 57.5 Å². The van der Waals surface area contributed by atoms with Gasteiger partial charge in [0.1, 0.15) is 5.65 Å². The van der Waals surface area contributed by atoms with Crippen molar-refractivity contribution in [1.82, 2.24) is 14.5 Å². The largest absolute Gasteiger partial charge is 0.381 e. The third-order valence-electron chi connectivity index (χ3n) is 5.24. The van der Waals surface area contributed by atoms with E-state index in [4.69, 9.17) is 9.72 Å². The number of aryl methyl sites for hydroxylation is 1. The molecule has 0 atom stereocenters. The third kappa shape index (κ3) is 2.90. The molecule has 2 aliphatic rings. The van der Waals surface area contributed by atoms with Gasteiger partial charge in [0.05, 0.1) is 0 Å². The molecule has 0 unspecified atom stereocenters. The molecule has 24 heavy (non-hydrogen) atoms. The Morgan fingerprint density at radius 2 is 1.96 bits per heavy atom. The van der Waals surface area contributed by atoms with Crippen molar-refractivity contribution < 1.29 is 4.74 Å². The highest BCUT2D eigenvalue weighted by molar-refractivity contribution is 5.79. The maximum atomic E-state index is 12.6. The van der Waals surface area contributed by atoms with Gasteiger partial charge in [-0.2, -0.15) is 4.98 Å². The van der Waals surface area contributed by atoms with Gasteiger partial charge < -0.3 is 10.1 Å². The maximum absolute atomic E-state index is 12.6. The van der Waals surface area contributed by atoms with Crippen LogP contribution in [-0.2, 0) is 4.74 Å². The second-order valence-electron chi connectivity index (χ2n) is 6.94. The number of pyridine rings is 1. The first kappa shape index (κ1) is 15.6. The van der Waals surface area contributed by atoms with Gasteiger partial charge in [-0.15, -0.1) is 0 Å². The summed E-state index contributed by atoms with van der Waals surface area (Å²) in [4.78, 5) is 21.8. The van der Waals surface area contributed by atoms with Crippen LogP contribution in [0.5, 0.6) is 0 Å². The Morgan fingerprint density at radius 3 is 2.71 bits per heavy atom. The molecule has 0 spiro atoms. The summed E-state index contributed by atoms with van der Waals surface area (Å²) >= 11 is 0. The molecular weight excluding hydrogens is 304 g/mol. The summed E-state index contributed by atoms with van der Waals surface area (Å²) in [6, 6.07) is 2.33. The summed E-state index contributed by atoms with van der Waals surface area (Å²) in [5.74, 6) is 0.617. The molecule has 128 valence electrons. The minimum atomic E-state index is 0.0580. The van der Waals surface area contributed by atoms with E-state index >= 15 is 0 Å². The highest BCUT2D eigenvalue weighted by Gasteiger charge is 2.22. The molecule has 6 nitrogen and oxygen atoms in total. The van der Waals surface area contributed by atoms with Gasteiger partial charge in [0.2, 0.25) is 5.95 Å². The van der Waals surface area contributed by atoms with Crippen LogP contribution >= 0.6 is 0 Å². The fourth-order valence-corrected chi connectivity index (χ4v) is 3.88. The zero-order chi connectivity index (χ0) is 16.5. The minimum absolute atomic E-state index is 0.0580. The molecule has 2 aromatic heterocycles. The fraction of sp³-hybridized carbons (Fsp3) is 0.611. The van der Waals surface area contributed by atoms with Gasteiger partial charge >= 0.3 is 0 Å². The SMILES string of the molecule is Cc1cc(=O)n(C2CCCC2)c2nc(NC3CCOCC3)ncc12. The summed E-state index contributed by atoms with van der Waals surface area (Å²) in [5, 5.41) is 4.38. The van der Waals surface area contributed by atoms with Crippen LogP contribution in [0.25, 0.3) is 11.0 Å². The van der Waals surface area contributed by atoms with Crippen molar-refractivity contribution in [3.05, 3.63) is 28.2 Å². The van der Waals surface area contributed by atoms with Crippen LogP contribution in [0.2, 0.25) is 0 Å². The van der Waals surface area contributed by atoms with Crippen LogP contribution in [-0.4, -0.2) is 33.8 Å². The molecule has 1 saturated heterocycles. The second kappa shape index (κ2) is 6.51. The molecule has 1 N–H and O–H groups in total. The van der Waals surface area contributed by atoms with Gasteiger partial charge in [-0.25, -0.2) is 4.98 Å². The molecular formula is C18H24N4O2. The lowest BCUT2D eigenvalue weighted by Crippen LogP contribution is -2.29. The number of aromatic nitrogens is 3. The quantitative estimate of drug-likeness (QED) is 0.938. The van der Waals surface area contributed by atoms with Crippen molar-refractivity contribution in [2.75, 3.05) is 18.5 Å². The van der Waals surface area contributed by atoms with Crippen molar-refractivity contribution in [3.63, 3.8) is 0 Å². The normalized spacial score (nSPS) is 19.9. The Kier molecular flexibility index (Phi) is 4.22. The zero-order valence-corrected chi connectivity index (χ0v) is 14.1. The number of ether oxygens (including phenoxy) is 1. The second-order valence-corrected chi connectivity index (χ2v) is 6.94. The predicted molar refractivity (Wildman–Crippen MR) is 93.5 cm³/mol. The number of fused-ring (bicyclic) bond motifs is 1. The highest BCUT2D eigenvalue weighted by Crippen LogP contribution is 2.31. The molecule has 0 amide bonds. The van der Waals surface area contributed by atoms with E-state index in [1.165, 1.54) is 12.8 Å². The summed E-state index contributed by atoms with van der Waals surface area (Å²) in [6.07, 6.45) is 8.27. The molecule has 6 heteroatoms. The first-order valence-electron chi connectivity index (χ1n) is 8.95. The Bertz CT molecular complexity index is 789. The Balaban J connectivity index is 1.75. The highest BCUT2D eigenvalue weighted by atomic mass is 16.5. The third-order valence-corrected chi connectivity index (χ3v) is 5.24. The predicted octanol–water partition coefficient (Wildman–Crippen LogP) is 2.81. The van der Waals surface area contributed by atoms with Crippen LogP contribution in [0.1, 0.15) is 50.1 Å². The summed E-state index contributed by atoms with van der Waals surface area (Å²) in [7, 11) is 0. The van der Waals surface area contributed by atoms with E-state index in [0.717, 1.165) is 55.5 Å². The molecule has 4 rings (SSSR count). The monoisotopic (exact) mass is 328 g/mol. The number of nitrogens with zero attached hydrogens (tertiary/aromatic N) is 3. The van der Waals surface area contributed by atoms with Crippen LogP contribution in [0.4, 0.5) is 5.95 Å². The maximum Gasteiger partial charge on any atom is 0.252 e. The van der Waals surface area contributed by atoms with Gasteiger partial charge in [-0.1, -0.05) is 12.8 Å². The topological polar surface area (TPSA) is 69.0 Å². The Labute approximate surface area is 141 Å². The molecule has 1 aliphatic carbocycles. The van der Waals surface area contributed by atoms with Gasteiger partial charge in [-0.3, -0.25) is 9.36 Å². The van der Waals surface area contributed by atoms with Crippen molar-refractivity contribution >= 4 is 17.0 Å². The van der Waals surface area contributed by atoms with E-state index in [2.05, 4.69) is 10.3 Å². The molecule has 2 fully saturated rings. The average Bonchev–Trinajstić information content (AvgIpc) is 3.10. The van der Waals surface area contributed by atoms with Crippen molar-refractivity contribution in [1.29, 1.82) is 0 Å². The first-order chi connectivity index (χ1) is 11.7. The van der Waals surface area contributed by atoms with Gasteiger partial charge in [-0.05, 0) is 38.2 Å². The van der Waals surface area contributed by atoms with Crippen LogP contribution in [0, 0.1) is 6.92 Å². The summed E-state index contributed by atoms with van der Waals surface area (Å²) in [5.41, 5.74) is 1.78. The standard InChI is InChI=1S/C18H24N4O2/c1-12-10-16(23)22(14-4-2-3-5-14)17-15(12)11-19-18(21-17)20-13-6-8-24-9-7-13/h10-11,13-14H,2-9H2,1H3,(H,19,20,21). The molecule has 1 saturated carbocycles. The summed E-state index contributed by atoms with van der Waals surface area (Å²) < 4.78 is 7.29. The van der Waals surface area contributed by atoms with E-state index in [0.29, 0.717) is 12.0 Å². The molecule has 2 aromatic rings. The molecule has 3 heterocycles. The van der Waals surface area contributed by atoms with Crippen LogP contribution < -0.4 is 10.9 Å². The first-order valence-corrected chi connectivity index (χ1v) is 8.95.